The van der Waals surface area contributed by atoms with Gasteiger partial charge in [-0.05, 0) is 44.3 Å². The lowest BCUT2D eigenvalue weighted by atomic mass is 10.1. The minimum atomic E-state index is -2.35. The number of ether oxygens (including phenoxy) is 2. The predicted molar refractivity (Wildman–Crippen MR) is 116 cm³/mol. The zero-order chi connectivity index (χ0) is 21.8. The molecule has 1 aromatic heterocycles. The molecule has 11 heteroatoms. The minimum Gasteiger partial charge on any atom is -0.760 e. The van der Waals surface area contributed by atoms with E-state index in [4.69, 9.17) is 18.3 Å². The van der Waals surface area contributed by atoms with E-state index < -0.39 is 19.6 Å². The highest BCUT2D eigenvalue weighted by Crippen LogP contribution is 2.49. The number of methoxy groups -OCH3 is 2. The number of hydrogen-bond donors (Lipinski definition) is 2. The number of hydrogen-bond acceptors (Lipinski definition) is 7. The zero-order valence-electron chi connectivity index (χ0n) is 16.9. The van der Waals surface area contributed by atoms with Gasteiger partial charge in [0.25, 0.3) is 0 Å². The summed E-state index contributed by atoms with van der Waals surface area (Å²) in [6.07, 6.45) is 0.397. The first kappa shape index (κ1) is 23.7. The maximum atomic E-state index is 10.9. The Morgan fingerprint density at radius 3 is 2.48 bits per heavy atom. The van der Waals surface area contributed by atoms with Crippen molar-refractivity contribution in [2.75, 3.05) is 20.8 Å². The Hall–Kier alpha value is -1.53. The van der Waals surface area contributed by atoms with E-state index >= 15 is 0 Å². The zero-order valence-corrected chi connectivity index (χ0v) is 20.3. The van der Waals surface area contributed by atoms with Gasteiger partial charge in [0.05, 0.1) is 19.0 Å². The average Bonchev–Trinajstić information content (AvgIpc) is 2.95. The standard InChI is InChI=1S/C18H26BrNO7SSi/c1-24-13-7-6-11(10-14(13)25-2)16-15(21)18(27-29(3,4)5)17(26-16)12(19)8-9-20-28(22)23/h6-7,10,12,20-21H,8-9H2,1-5H3,(H,22,23)/p-1. The molecule has 2 rings (SSSR count). The van der Waals surface area contributed by atoms with Crippen molar-refractivity contribution < 1.29 is 32.2 Å². The fraction of sp³-hybridized carbons (Fsp3) is 0.444. The van der Waals surface area contributed by atoms with Crippen LogP contribution < -0.4 is 18.6 Å². The highest BCUT2D eigenvalue weighted by atomic mass is 79.9. The van der Waals surface area contributed by atoms with E-state index in [0.717, 1.165) is 0 Å². The second-order valence-corrected chi connectivity index (χ2v) is 13.4. The first-order chi connectivity index (χ1) is 13.6. The van der Waals surface area contributed by atoms with Gasteiger partial charge in [0.1, 0.15) is 0 Å². The minimum absolute atomic E-state index is 0.112. The molecule has 162 valence electrons. The van der Waals surface area contributed by atoms with Gasteiger partial charge in [0.2, 0.25) is 14.1 Å². The molecular formula is C18H25BrNO7SSi-. The summed E-state index contributed by atoms with van der Waals surface area (Å²) in [5, 5.41) is 10.9. The lowest BCUT2D eigenvalue weighted by molar-refractivity contribution is 0.355. The van der Waals surface area contributed by atoms with Gasteiger partial charge in [-0.15, -0.1) is 0 Å². The number of nitrogens with one attached hydrogen (secondary N) is 1. The van der Waals surface area contributed by atoms with Crippen molar-refractivity contribution in [1.29, 1.82) is 0 Å². The van der Waals surface area contributed by atoms with Gasteiger partial charge in [-0.3, -0.25) is 4.21 Å². The molecule has 0 aliphatic carbocycles. The molecule has 2 unspecified atom stereocenters. The monoisotopic (exact) mass is 506 g/mol. The van der Waals surface area contributed by atoms with Crippen molar-refractivity contribution in [2.24, 2.45) is 0 Å². The normalized spacial score (nSPS) is 13.8. The van der Waals surface area contributed by atoms with Crippen molar-refractivity contribution in [2.45, 2.75) is 30.9 Å². The third-order valence-electron chi connectivity index (χ3n) is 3.82. The third kappa shape index (κ3) is 6.22. The molecule has 0 bridgehead atoms. The number of benzene rings is 1. The summed E-state index contributed by atoms with van der Waals surface area (Å²) < 4.78 is 46.4. The van der Waals surface area contributed by atoms with Gasteiger partial charge in [-0.25, -0.2) is 4.72 Å². The maximum Gasteiger partial charge on any atom is 0.242 e. The molecule has 0 aliphatic rings. The van der Waals surface area contributed by atoms with E-state index in [9.17, 15) is 13.9 Å². The molecule has 0 saturated carbocycles. The summed E-state index contributed by atoms with van der Waals surface area (Å²) >= 11 is 1.16. The van der Waals surface area contributed by atoms with E-state index in [-0.39, 0.29) is 28.6 Å². The van der Waals surface area contributed by atoms with Crippen LogP contribution in [0, 0.1) is 0 Å². The number of halogens is 1. The van der Waals surface area contributed by atoms with Crippen LogP contribution in [0.25, 0.3) is 11.3 Å². The number of alkyl halides is 1. The summed E-state index contributed by atoms with van der Waals surface area (Å²) in [4.78, 5) is -0.371. The average molecular weight is 507 g/mol. The Morgan fingerprint density at radius 1 is 1.28 bits per heavy atom. The van der Waals surface area contributed by atoms with Crippen LogP contribution in [0.5, 0.6) is 23.0 Å². The number of aromatic hydroxyl groups is 1. The van der Waals surface area contributed by atoms with Crippen LogP contribution in [0.4, 0.5) is 0 Å². The molecule has 0 saturated heterocycles. The molecule has 0 aliphatic heterocycles. The topological polar surface area (TPSA) is 113 Å². The summed E-state index contributed by atoms with van der Waals surface area (Å²) in [6, 6.07) is 5.16. The van der Waals surface area contributed by atoms with Gasteiger partial charge in [0, 0.05) is 23.4 Å². The molecule has 0 radical (unpaired) electrons. The molecule has 0 amide bonds. The number of furan rings is 1. The Bertz CT molecular complexity index is 869. The highest BCUT2D eigenvalue weighted by molar-refractivity contribution is 9.09. The van der Waals surface area contributed by atoms with Crippen molar-refractivity contribution in [3.05, 3.63) is 24.0 Å². The summed E-state index contributed by atoms with van der Waals surface area (Å²) in [7, 11) is 0.988. The van der Waals surface area contributed by atoms with Gasteiger partial charge < -0.3 is 28.0 Å². The predicted octanol–water partition coefficient (Wildman–Crippen LogP) is 4.09. The fourth-order valence-corrected chi connectivity index (χ4v) is 4.23. The Morgan fingerprint density at radius 2 is 1.93 bits per heavy atom. The molecule has 2 aromatic rings. The maximum absolute atomic E-state index is 10.9. The molecule has 1 heterocycles. The lowest BCUT2D eigenvalue weighted by Gasteiger charge is -2.20. The van der Waals surface area contributed by atoms with E-state index in [1.165, 1.54) is 14.2 Å². The largest absolute Gasteiger partial charge is 0.760 e. The first-order valence-corrected chi connectivity index (χ1v) is 14.2. The Labute approximate surface area is 182 Å². The molecule has 29 heavy (non-hydrogen) atoms. The van der Waals surface area contributed by atoms with E-state index in [1.807, 2.05) is 19.6 Å². The summed E-state index contributed by atoms with van der Waals surface area (Å²) in [5.74, 6) is 1.83. The van der Waals surface area contributed by atoms with E-state index in [1.54, 1.807) is 18.2 Å². The number of rotatable bonds is 10. The lowest BCUT2D eigenvalue weighted by Crippen LogP contribution is -2.29. The molecular weight excluding hydrogens is 482 g/mol. The van der Waals surface area contributed by atoms with Crippen molar-refractivity contribution in [3.8, 4) is 34.3 Å². The smallest absolute Gasteiger partial charge is 0.242 e. The van der Waals surface area contributed by atoms with Crippen LogP contribution in [0.2, 0.25) is 19.6 Å². The summed E-state index contributed by atoms with van der Waals surface area (Å²) in [5.41, 5.74) is 0.588. The second kappa shape index (κ2) is 9.98. The van der Waals surface area contributed by atoms with Gasteiger partial charge >= 0.3 is 0 Å². The molecule has 0 spiro atoms. The van der Waals surface area contributed by atoms with Crippen molar-refractivity contribution >= 4 is 35.5 Å². The third-order valence-corrected chi connectivity index (χ3v) is 5.95. The van der Waals surface area contributed by atoms with Crippen LogP contribution in [0.3, 0.4) is 0 Å². The van der Waals surface area contributed by atoms with Crippen LogP contribution in [0.15, 0.2) is 22.6 Å². The van der Waals surface area contributed by atoms with Crippen LogP contribution >= 0.6 is 15.9 Å². The first-order valence-electron chi connectivity index (χ1n) is 8.81. The molecule has 1 aromatic carbocycles. The molecule has 2 atom stereocenters. The van der Waals surface area contributed by atoms with Crippen molar-refractivity contribution in [1.82, 2.24) is 4.72 Å². The van der Waals surface area contributed by atoms with Crippen LogP contribution in [-0.2, 0) is 11.3 Å². The van der Waals surface area contributed by atoms with Crippen molar-refractivity contribution in [3.63, 3.8) is 0 Å². The van der Waals surface area contributed by atoms with Gasteiger partial charge in [0.15, 0.2) is 28.8 Å². The van der Waals surface area contributed by atoms with E-state index in [0.29, 0.717) is 29.2 Å². The van der Waals surface area contributed by atoms with Gasteiger partial charge in [-0.2, -0.15) is 0 Å². The molecule has 0 fully saturated rings. The summed E-state index contributed by atoms with van der Waals surface area (Å²) in [6.45, 7) is 6.17. The molecule has 8 nitrogen and oxygen atoms in total. The quantitative estimate of drug-likeness (QED) is 0.283. The van der Waals surface area contributed by atoms with Crippen LogP contribution in [0.1, 0.15) is 17.0 Å². The van der Waals surface area contributed by atoms with Crippen LogP contribution in [-0.4, -0.2) is 42.9 Å². The van der Waals surface area contributed by atoms with E-state index in [2.05, 4.69) is 20.7 Å². The van der Waals surface area contributed by atoms with Gasteiger partial charge in [-0.1, -0.05) is 15.9 Å². The second-order valence-electron chi connectivity index (χ2n) is 7.14. The molecule has 2 N–H and O–H groups in total. The highest BCUT2D eigenvalue weighted by Gasteiger charge is 2.31. The Balaban J connectivity index is 2.47. The fourth-order valence-electron chi connectivity index (χ4n) is 2.61. The SMILES string of the molecule is COc1ccc(-c2oc(C(Br)CCNS(=O)[O-])c(O[Si](C)(C)C)c2O)cc1OC. The Kier molecular flexibility index (Phi) is 8.17.